The van der Waals surface area contributed by atoms with E-state index in [1.54, 1.807) is 43.0 Å². The number of carbonyl (C=O) groups is 2. The lowest BCUT2D eigenvalue weighted by Gasteiger charge is -2.34. The van der Waals surface area contributed by atoms with Crippen LogP contribution < -0.4 is 20.7 Å². The first-order valence-corrected chi connectivity index (χ1v) is 12.8. The molecule has 0 saturated carbocycles. The van der Waals surface area contributed by atoms with E-state index in [2.05, 4.69) is 32.9 Å². The molecule has 1 aromatic heterocycles. The number of piperazine rings is 1. The SMILES string of the molecule is CNC(=O)c1cc(C(=O)Nc2ccn(C)n2)c(C)cc1O[C@H](CN1CCN[C@H](C)C1)c1ccc(Cl)c(F)c1. The number of hydrogen-bond donors (Lipinski definition) is 3. The Kier molecular flexibility index (Phi) is 8.65. The summed E-state index contributed by atoms with van der Waals surface area (Å²) in [5.74, 6) is -0.669. The van der Waals surface area contributed by atoms with Crippen molar-refractivity contribution in [3.63, 3.8) is 0 Å². The average molecular weight is 543 g/mol. The van der Waals surface area contributed by atoms with Gasteiger partial charge in [-0.3, -0.25) is 19.2 Å². The van der Waals surface area contributed by atoms with E-state index in [1.165, 1.54) is 25.2 Å². The molecule has 9 nitrogen and oxygen atoms in total. The van der Waals surface area contributed by atoms with Crippen LogP contribution in [0.25, 0.3) is 0 Å². The quantitative estimate of drug-likeness (QED) is 0.402. The number of carbonyl (C=O) groups excluding carboxylic acids is 2. The highest BCUT2D eigenvalue weighted by atomic mass is 35.5. The monoisotopic (exact) mass is 542 g/mol. The van der Waals surface area contributed by atoms with Crippen LogP contribution in [0, 0.1) is 12.7 Å². The van der Waals surface area contributed by atoms with Gasteiger partial charge in [0.25, 0.3) is 11.8 Å². The number of benzene rings is 2. The maximum Gasteiger partial charge on any atom is 0.257 e. The molecular formula is C27H32ClFN6O3. The number of hydrogen-bond acceptors (Lipinski definition) is 6. The molecule has 0 unspecified atom stereocenters. The molecule has 1 saturated heterocycles. The molecular weight excluding hydrogens is 511 g/mol. The van der Waals surface area contributed by atoms with E-state index in [0.717, 1.165) is 19.6 Å². The molecule has 11 heteroatoms. The molecule has 0 radical (unpaired) electrons. The van der Waals surface area contributed by atoms with Crippen LogP contribution in [-0.4, -0.2) is 65.8 Å². The van der Waals surface area contributed by atoms with E-state index in [0.29, 0.717) is 40.8 Å². The van der Waals surface area contributed by atoms with E-state index >= 15 is 0 Å². The number of halogens is 2. The number of aryl methyl sites for hydroxylation is 2. The van der Waals surface area contributed by atoms with Crippen molar-refractivity contribution < 1.29 is 18.7 Å². The molecule has 2 aromatic carbocycles. The zero-order chi connectivity index (χ0) is 27.4. The predicted octanol–water partition coefficient (Wildman–Crippen LogP) is 3.55. The Bertz CT molecular complexity index is 1330. The third kappa shape index (κ3) is 6.50. The van der Waals surface area contributed by atoms with Gasteiger partial charge in [0, 0.05) is 64.1 Å². The molecule has 0 spiro atoms. The summed E-state index contributed by atoms with van der Waals surface area (Å²) in [6.07, 6.45) is 1.12. The zero-order valence-electron chi connectivity index (χ0n) is 21.8. The Balaban J connectivity index is 1.68. The van der Waals surface area contributed by atoms with Gasteiger partial charge in [-0.2, -0.15) is 5.10 Å². The smallest absolute Gasteiger partial charge is 0.257 e. The summed E-state index contributed by atoms with van der Waals surface area (Å²) in [6, 6.07) is 9.73. The van der Waals surface area contributed by atoms with Gasteiger partial charge in [0.15, 0.2) is 5.82 Å². The summed E-state index contributed by atoms with van der Waals surface area (Å²) in [5, 5.41) is 13.0. The van der Waals surface area contributed by atoms with E-state index in [1.807, 2.05) is 0 Å². The molecule has 2 heterocycles. The number of nitrogens with one attached hydrogen (secondary N) is 3. The maximum absolute atomic E-state index is 14.4. The van der Waals surface area contributed by atoms with Crippen molar-refractivity contribution in [2.45, 2.75) is 26.0 Å². The van der Waals surface area contributed by atoms with Crippen molar-refractivity contribution >= 4 is 29.2 Å². The maximum atomic E-state index is 14.4. The van der Waals surface area contributed by atoms with Crippen LogP contribution in [0.3, 0.4) is 0 Å². The second-order valence-electron chi connectivity index (χ2n) is 9.47. The molecule has 2 amide bonds. The Morgan fingerprint density at radius 2 is 2.03 bits per heavy atom. The highest BCUT2D eigenvalue weighted by Crippen LogP contribution is 2.31. The first kappa shape index (κ1) is 27.6. The Morgan fingerprint density at radius 3 is 2.68 bits per heavy atom. The number of rotatable bonds is 8. The third-order valence-corrected chi connectivity index (χ3v) is 6.77. The summed E-state index contributed by atoms with van der Waals surface area (Å²) in [5.41, 5.74) is 1.71. The van der Waals surface area contributed by atoms with Gasteiger partial charge in [0.2, 0.25) is 0 Å². The van der Waals surface area contributed by atoms with Crippen LogP contribution in [0.2, 0.25) is 5.02 Å². The number of nitrogens with zero attached hydrogens (tertiary/aromatic N) is 3. The van der Waals surface area contributed by atoms with Crippen molar-refractivity contribution in [2.24, 2.45) is 7.05 Å². The molecule has 0 aliphatic carbocycles. The number of amides is 2. The van der Waals surface area contributed by atoms with Crippen molar-refractivity contribution in [1.82, 2.24) is 25.3 Å². The van der Waals surface area contributed by atoms with Gasteiger partial charge in [-0.1, -0.05) is 17.7 Å². The highest BCUT2D eigenvalue weighted by molar-refractivity contribution is 6.30. The summed E-state index contributed by atoms with van der Waals surface area (Å²) in [7, 11) is 3.26. The lowest BCUT2D eigenvalue weighted by Crippen LogP contribution is -2.50. The molecule has 1 aliphatic heterocycles. The summed E-state index contributed by atoms with van der Waals surface area (Å²) < 4.78 is 22.5. The van der Waals surface area contributed by atoms with E-state index in [-0.39, 0.29) is 10.6 Å². The largest absolute Gasteiger partial charge is 0.484 e. The minimum atomic E-state index is -0.594. The first-order valence-electron chi connectivity index (χ1n) is 12.4. The topological polar surface area (TPSA) is 101 Å². The fourth-order valence-corrected chi connectivity index (χ4v) is 4.61. The van der Waals surface area contributed by atoms with Crippen LogP contribution in [0.15, 0.2) is 42.6 Å². The normalized spacial score (nSPS) is 16.6. The van der Waals surface area contributed by atoms with Crippen molar-refractivity contribution in [3.8, 4) is 5.75 Å². The molecule has 38 heavy (non-hydrogen) atoms. The van der Waals surface area contributed by atoms with Crippen LogP contribution in [0.1, 0.15) is 44.9 Å². The molecule has 0 bridgehead atoms. The van der Waals surface area contributed by atoms with Crippen molar-refractivity contribution in [3.05, 3.63) is 75.7 Å². The Morgan fingerprint density at radius 1 is 1.24 bits per heavy atom. The molecule has 1 fully saturated rings. The van der Waals surface area contributed by atoms with E-state index < -0.39 is 23.7 Å². The van der Waals surface area contributed by atoms with Gasteiger partial charge in [0.1, 0.15) is 17.7 Å². The fraction of sp³-hybridized carbons (Fsp3) is 0.370. The van der Waals surface area contributed by atoms with Gasteiger partial charge in [-0.05, 0) is 49.2 Å². The minimum Gasteiger partial charge on any atom is -0.484 e. The summed E-state index contributed by atoms with van der Waals surface area (Å²) in [4.78, 5) is 28.2. The average Bonchev–Trinajstić information content (AvgIpc) is 3.29. The predicted molar refractivity (Wildman–Crippen MR) is 144 cm³/mol. The zero-order valence-corrected chi connectivity index (χ0v) is 22.6. The lowest BCUT2D eigenvalue weighted by atomic mass is 10.0. The molecule has 2 atom stereocenters. The lowest BCUT2D eigenvalue weighted by molar-refractivity contribution is 0.0938. The molecule has 202 valence electrons. The van der Waals surface area contributed by atoms with E-state index in [4.69, 9.17) is 16.3 Å². The minimum absolute atomic E-state index is 0.0217. The Hall–Kier alpha value is -3.47. The standard InChI is InChI=1S/C27H32ClFN6O3/c1-16-11-23(20(26(36)30-3)13-19(16)27(37)32-25-7-9-34(4)33-25)38-24(15-35-10-8-31-17(2)14-35)18-5-6-21(28)22(29)12-18/h5-7,9,11-13,17,24,31H,8,10,14-15H2,1-4H3,(H,30,36)(H,32,33,37)/t17-,24-/m1/s1. The van der Waals surface area contributed by atoms with Gasteiger partial charge in [-0.15, -0.1) is 0 Å². The van der Waals surface area contributed by atoms with Crippen LogP contribution in [0.4, 0.5) is 10.2 Å². The second kappa shape index (κ2) is 11.9. The number of anilines is 1. The molecule has 1 aliphatic rings. The van der Waals surface area contributed by atoms with E-state index in [9.17, 15) is 14.0 Å². The second-order valence-corrected chi connectivity index (χ2v) is 9.87. The van der Waals surface area contributed by atoms with Gasteiger partial charge < -0.3 is 20.7 Å². The van der Waals surface area contributed by atoms with Crippen LogP contribution >= 0.6 is 11.6 Å². The number of ether oxygens (including phenoxy) is 1. The first-order chi connectivity index (χ1) is 18.1. The third-order valence-electron chi connectivity index (χ3n) is 6.46. The fourth-order valence-electron chi connectivity index (χ4n) is 4.49. The molecule has 3 aromatic rings. The highest BCUT2D eigenvalue weighted by Gasteiger charge is 2.26. The Labute approximate surface area is 226 Å². The summed E-state index contributed by atoms with van der Waals surface area (Å²) >= 11 is 5.94. The molecule has 4 rings (SSSR count). The van der Waals surface area contributed by atoms with Gasteiger partial charge in [0.05, 0.1) is 10.6 Å². The number of aromatic nitrogens is 2. The van der Waals surface area contributed by atoms with Crippen LogP contribution in [0.5, 0.6) is 5.75 Å². The summed E-state index contributed by atoms with van der Waals surface area (Å²) in [6.45, 7) is 6.76. The van der Waals surface area contributed by atoms with Crippen molar-refractivity contribution in [1.29, 1.82) is 0 Å². The van der Waals surface area contributed by atoms with Gasteiger partial charge in [-0.25, -0.2) is 4.39 Å². The van der Waals surface area contributed by atoms with Crippen LogP contribution in [-0.2, 0) is 7.05 Å². The van der Waals surface area contributed by atoms with Crippen molar-refractivity contribution in [2.75, 3.05) is 38.5 Å². The van der Waals surface area contributed by atoms with Gasteiger partial charge >= 0.3 is 0 Å². The molecule has 3 N–H and O–H groups in total.